The summed E-state index contributed by atoms with van der Waals surface area (Å²) in [6, 6.07) is 5.50. The number of sulfone groups is 1. The third-order valence-electron chi connectivity index (χ3n) is 3.67. The molecule has 1 unspecified atom stereocenters. The molecule has 0 aromatic carbocycles. The van der Waals surface area contributed by atoms with Crippen LogP contribution in [0.15, 0.2) is 24.4 Å². The maximum Gasteiger partial charge on any atom is 0.234 e. The zero-order chi connectivity index (χ0) is 15.3. The lowest BCUT2D eigenvalue weighted by Crippen LogP contribution is -2.43. The van der Waals surface area contributed by atoms with Crippen molar-refractivity contribution < 1.29 is 13.2 Å². The molecule has 1 aromatic rings. The molecule has 1 aliphatic heterocycles. The number of amides is 1. The van der Waals surface area contributed by atoms with Gasteiger partial charge < -0.3 is 5.32 Å². The fourth-order valence-electron chi connectivity index (χ4n) is 2.49. The average molecular weight is 311 g/mol. The summed E-state index contributed by atoms with van der Waals surface area (Å²) in [6.07, 6.45) is 2.30. The Morgan fingerprint density at radius 3 is 2.86 bits per heavy atom. The van der Waals surface area contributed by atoms with Gasteiger partial charge in [-0.15, -0.1) is 0 Å². The molecule has 0 saturated carbocycles. The Balaban J connectivity index is 1.83. The Kier molecular flexibility index (Phi) is 5.30. The van der Waals surface area contributed by atoms with Gasteiger partial charge in [0.05, 0.1) is 30.3 Å². The largest absolute Gasteiger partial charge is 0.349 e. The fraction of sp³-hybridized carbons (Fsp3) is 0.571. The van der Waals surface area contributed by atoms with E-state index in [0.29, 0.717) is 19.5 Å². The number of nitrogens with zero attached hydrogens (tertiary/aromatic N) is 2. The smallest absolute Gasteiger partial charge is 0.234 e. The molecule has 2 rings (SSSR count). The molecule has 1 aliphatic rings. The van der Waals surface area contributed by atoms with Crippen molar-refractivity contribution in [3.63, 3.8) is 0 Å². The Bertz CT molecular complexity index is 574. The van der Waals surface area contributed by atoms with Crippen molar-refractivity contribution in [3.05, 3.63) is 30.1 Å². The summed E-state index contributed by atoms with van der Waals surface area (Å²) >= 11 is 0. The first-order valence-corrected chi connectivity index (χ1v) is 8.93. The standard InChI is InChI=1S/C14H21N3O3S/c1-2-17(13-6-8-21(19,20)11-13)10-14(18)16-9-12-5-3-4-7-15-12/h3-5,7,13H,2,6,8-11H2,1H3,(H,16,18). The predicted molar refractivity (Wildman–Crippen MR) is 80.4 cm³/mol. The number of likely N-dealkylation sites (N-methyl/N-ethyl adjacent to an activating group) is 1. The summed E-state index contributed by atoms with van der Waals surface area (Å²) < 4.78 is 23.0. The molecule has 2 heterocycles. The van der Waals surface area contributed by atoms with Gasteiger partial charge >= 0.3 is 0 Å². The maximum atomic E-state index is 12.0. The molecule has 7 heteroatoms. The lowest BCUT2D eigenvalue weighted by molar-refractivity contribution is -0.122. The van der Waals surface area contributed by atoms with Crippen molar-refractivity contribution in [2.45, 2.75) is 25.9 Å². The molecule has 0 bridgehead atoms. The van der Waals surface area contributed by atoms with Gasteiger partial charge in [0, 0.05) is 12.2 Å². The monoisotopic (exact) mass is 311 g/mol. The molecule has 1 fully saturated rings. The molecule has 116 valence electrons. The van der Waals surface area contributed by atoms with Gasteiger partial charge in [0.2, 0.25) is 5.91 Å². The van der Waals surface area contributed by atoms with E-state index in [-0.39, 0.29) is 30.0 Å². The van der Waals surface area contributed by atoms with E-state index in [0.717, 1.165) is 5.69 Å². The zero-order valence-electron chi connectivity index (χ0n) is 12.2. The first-order valence-electron chi connectivity index (χ1n) is 7.11. The summed E-state index contributed by atoms with van der Waals surface area (Å²) in [7, 11) is -2.93. The quantitative estimate of drug-likeness (QED) is 0.812. The molecule has 0 radical (unpaired) electrons. The number of nitrogens with one attached hydrogen (secondary N) is 1. The molecule has 1 saturated heterocycles. The Morgan fingerprint density at radius 2 is 2.29 bits per heavy atom. The molecular formula is C14H21N3O3S. The predicted octanol–water partition coefficient (Wildman–Crippen LogP) is 0.207. The Morgan fingerprint density at radius 1 is 1.48 bits per heavy atom. The second kappa shape index (κ2) is 7.00. The lowest BCUT2D eigenvalue weighted by atomic mass is 10.2. The van der Waals surface area contributed by atoms with Gasteiger partial charge in [-0.3, -0.25) is 14.7 Å². The normalized spacial score (nSPS) is 20.6. The highest BCUT2D eigenvalue weighted by atomic mass is 32.2. The van der Waals surface area contributed by atoms with Crippen LogP contribution in [0.5, 0.6) is 0 Å². The third-order valence-corrected chi connectivity index (χ3v) is 5.42. The highest BCUT2D eigenvalue weighted by molar-refractivity contribution is 7.91. The molecule has 1 amide bonds. The molecule has 6 nitrogen and oxygen atoms in total. The van der Waals surface area contributed by atoms with E-state index >= 15 is 0 Å². The number of pyridine rings is 1. The van der Waals surface area contributed by atoms with Crippen molar-refractivity contribution in [2.24, 2.45) is 0 Å². The number of hydrogen-bond donors (Lipinski definition) is 1. The average Bonchev–Trinajstić information content (AvgIpc) is 2.83. The number of hydrogen-bond acceptors (Lipinski definition) is 5. The second-order valence-electron chi connectivity index (χ2n) is 5.22. The number of carbonyl (C=O) groups is 1. The highest BCUT2D eigenvalue weighted by Gasteiger charge is 2.32. The van der Waals surface area contributed by atoms with Crippen LogP contribution in [0.2, 0.25) is 0 Å². The van der Waals surface area contributed by atoms with Gasteiger partial charge in [-0.1, -0.05) is 13.0 Å². The van der Waals surface area contributed by atoms with Gasteiger partial charge in [-0.05, 0) is 25.1 Å². The highest BCUT2D eigenvalue weighted by Crippen LogP contribution is 2.17. The molecule has 0 spiro atoms. The van der Waals surface area contributed by atoms with E-state index in [1.165, 1.54) is 0 Å². The second-order valence-corrected chi connectivity index (χ2v) is 7.45. The van der Waals surface area contributed by atoms with Crippen LogP contribution in [0.1, 0.15) is 19.0 Å². The van der Waals surface area contributed by atoms with Crippen LogP contribution in [0.3, 0.4) is 0 Å². The van der Waals surface area contributed by atoms with E-state index < -0.39 is 9.84 Å². The molecule has 1 atom stereocenters. The topological polar surface area (TPSA) is 79.4 Å². The summed E-state index contributed by atoms with van der Waals surface area (Å²) in [5.74, 6) is 0.282. The van der Waals surface area contributed by atoms with Crippen LogP contribution < -0.4 is 5.32 Å². The van der Waals surface area contributed by atoms with Crippen LogP contribution in [-0.2, 0) is 21.2 Å². The van der Waals surface area contributed by atoms with Gasteiger partial charge in [0.15, 0.2) is 9.84 Å². The van der Waals surface area contributed by atoms with Crippen LogP contribution in [0.4, 0.5) is 0 Å². The summed E-state index contributed by atoms with van der Waals surface area (Å²) in [5, 5.41) is 2.82. The molecule has 1 aromatic heterocycles. The van der Waals surface area contributed by atoms with Gasteiger partial charge in [0.25, 0.3) is 0 Å². The van der Waals surface area contributed by atoms with E-state index in [1.54, 1.807) is 6.20 Å². The molecule has 21 heavy (non-hydrogen) atoms. The van der Waals surface area contributed by atoms with Gasteiger partial charge in [0.1, 0.15) is 0 Å². The fourth-order valence-corrected chi connectivity index (χ4v) is 4.26. The Hall–Kier alpha value is -1.47. The minimum absolute atomic E-state index is 0.0411. The van der Waals surface area contributed by atoms with E-state index in [4.69, 9.17) is 0 Å². The van der Waals surface area contributed by atoms with E-state index in [1.807, 2.05) is 30.0 Å². The van der Waals surface area contributed by atoms with Crippen molar-refractivity contribution >= 4 is 15.7 Å². The number of aromatic nitrogens is 1. The molecule has 1 N–H and O–H groups in total. The number of rotatable bonds is 6. The number of carbonyl (C=O) groups excluding carboxylic acids is 1. The van der Waals surface area contributed by atoms with Gasteiger partial charge in [-0.25, -0.2) is 8.42 Å². The van der Waals surface area contributed by atoms with Crippen molar-refractivity contribution in [3.8, 4) is 0 Å². The minimum Gasteiger partial charge on any atom is -0.349 e. The van der Waals surface area contributed by atoms with Crippen LogP contribution in [0.25, 0.3) is 0 Å². The van der Waals surface area contributed by atoms with E-state index in [2.05, 4.69) is 10.3 Å². The summed E-state index contributed by atoms with van der Waals surface area (Å²) in [4.78, 5) is 18.0. The van der Waals surface area contributed by atoms with Crippen LogP contribution in [0, 0.1) is 0 Å². The minimum atomic E-state index is -2.93. The van der Waals surface area contributed by atoms with Crippen LogP contribution >= 0.6 is 0 Å². The lowest BCUT2D eigenvalue weighted by Gasteiger charge is -2.25. The first-order chi connectivity index (χ1) is 10.00. The van der Waals surface area contributed by atoms with Crippen molar-refractivity contribution in [1.82, 2.24) is 15.2 Å². The van der Waals surface area contributed by atoms with Crippen molar-refractivity contribution in [1.29, 1.82) is 0 Å². The third kappa shape index (κ3) is 4.78. The summed E-state index contributed by atoms with van der Waals surface area (Å²) in [6.45, 7) is 3.22. The van der Waals surface area contributed by atoms with Gasteiger partial charge in [-0.2, -0.15) is 0 Å². The maximum absolute atomic E-state index is 12.0. The molecule has 0 aliphatic carbocycles. The first kappa shape index (κ1) is 15.9. The van der Waals surface area contributed by atoms with Crippen LogP contribution in [-0.4, -0.2) is 54.8 Å². The Labute approximate surface area is 125 Å². The zero-order valence-corrected chi connectivity index (χ0v) is 13.0. The molecular weight excluding hydrogens is 290 g/mol. The van der Waals surface area contributed by atoms with Crippen molar-refractivity contribution in [2.75, 3.05) is 24.6 Å². The van der Waals surface area contributed by atoms with E-state index in [9.17, 15) is 13.2 Å². The SMILES string of the molecule is CCN(CC(=O)NCc1ccccn1)C1CCS(=O)(=O)C1. The summed E-state index contributed by atoms with van der Waals surface area (Å²) in [5.41, 5.74) is 0.803.